The van der Waals surface area contributed by atoms with Crippen molar-refractivity contribution >= 4 is 38.6 Å². The number of carbonyl (C=O) groups excluding carboxylic acids is 2. The molecule has 1 aromatic heterocycles. The maximum atomic E-state index is 14.2. The number of amides is 3. The van der Waals surface area contributed by atoms with Gasteiger partial charge in [0.05, 0.1) is 29.0 Å². The Labute approximate surface area is 255 Å². The zero-order valence-electron chi connectivity index (χ0n) is 24.7. The summed E-state index contributed by atoms with van der Waals surface area (Å²) in [4.78, 5) is 38.4. The maximum Gasteiger partial charge on any atom is 0.331 e. The topological polar surface area (TPSA) is 95.5 Å². The summed E-state index contributed by atoms with van der Waals surface area (Å²) in [5, 5.41) is 17.5. The second-order valence-corrected chi connectivity index (χ2v) is 12.3. The van der Waals surface area contributed by atoms with Crippen molar-refractivity contribution in [3.8, 4) is 5.75 Å². The first-order valence-corrected chi connectivity index (χ1v) is 15.3. The zero-order chi connectivity index (χ0) is 30.1. The van der Waals surface area contributed by atoms with Crippen LogP contribution in [0.15, 0.2) is 72.8 Å². The highest BCUT2D eigenvalue weighted by Gasteiger charge is 2.48. The number of fused-ring (bicyclic) bond motifs is 2. The van der Waals surface area contributed by atoms with Crippen LogP contribution in [-0.4, -0.2) is 94.8 Å². The number of phenolic OH excluding ortho intramolecular Hbond substituents is 1. The molecule has 10 nitrogen and oxygen atoms in total. The lowest BCUT2D eigenvalue weighted by molar-refractivity contribution is -0.151. The Bertz CT molecular complexity index is 1590. The van der Waals surface area contributed by atoms with Crippen LogP contribution in [0.25, 0.3) is 10.2 Å². The van der Waals surface area contributed by atoms with Crippen LogP contribution in [0.1, 0.15) is 16.7 Å². The fourth-order valence-electron chi connectivity index (χ4n) is 5.96. The third-order valence-electron chi connectivity index (χ3n) is 8.26. The van der Waals surface area contributed by atoms with E-state index in [1.807, 2.05) is 78.5 Å². The molecule has 3 aromatic carbocycles. The Morgan fingerprint density at radius 3 is 2.51 bits per heavy atom. The molecule has 2 N–H and O–H groups in total. The summed E-state index contributed by atoms with van der Waals surface area (Å²) in [6, 6.07) is 22.4. The molecule has 2 aliphatic rings. The fraction of sp³-hybridized carbons (Fsp3) is 0.344. The lowest BCUT2D eigenvalue weighted by Gasteiger charge is -2.46. The van der Waals surface area contributed by atoms with Crippen LogP contribution >= 0.6 is 11.3 Å². The second-order valence-electron chi connectivity index (χ2n) is 11.3. The van der Waals surface area contributed by atoms with Gasteiger partial charge in [-0.3, -0.25) is 14.7 Å². The molecule has 0 bridgehead atoms. The van der Waals surface area contributed by atoms with E-state index in [1.54, 1.807) is 35.5 Å². The van der Waals surface area contributed by atoms with E-state index in [9.17, 15) is 14.7 Å². The van der Waals surface area contributed by atoms with Gasteiger partial charge in [0.25, 0.3) is 0 Å². The van der Waals surface area contributed by atoms with Gasteiger partial charge in [-0.15, -0.1) is 0 Å². The molecular formula is C32H37N7O3S. The van der Waals surface area contributed by atoms with Gasteiger partial charge in [-0.2, -0.15) is 5.01 Å². The minimum Gasteiger partial charge on any atom is -0.508 e. The Morgan fingerprint density at radius 1 is 1.00 bits per heavy atom. The molecule has 2 atom stereocenters. The van der Waals surface area contributed by atoms with E-state index in [-0.39, 0.29) is 23.9 Å². The summed E-state index contributed by atoms with van der Waals surface area (Å²) in [6.45, 7) is 2.62. The number of nitrogens with zero attached hydrogens (tertiary/aromatic N) is 6. The van der Waals surface area contributed by atoms with E-state index in [4.69, 9.17) is 4.98 Å². The average Bonchev–Trinajstić information content (AvgIpc) is 3.64. The zero-order valence-corrected chi connectivity index (χ0v) is 25.5. The van der Waals surface area contributed by atoms with Crippen molar-refractivity contribution in [1.82, 2.24) is 30.1 Å². The molecule has 6 rings (SSSR count). The number of para-hydroxylation sites is 1. The molecule has 2 aliphatic heterocycles. The van der Waals surface area contributed by atoms with Gasteiger partial charge >= 0.3 is 6.03 Å². The molecule has 0 radical (unpaired) electrons. The summed E-state index contributed by atoms with van der Waals surface area (Å²) in [6.07, 6.45) is 0.342. The number of benzene rings is 3. The molecule has 11 heteroatoms. The number of nitrogens with one attached hydrogen (secondary N) is 1. The van der Waals surface area contributed by atoms with E-state index in [2.05, 4.69) is 21.3 Å². The number of rotatable bonds is 8. The predicted molar refractivity (Wildman–Crippen MR) is 169 cm³/mol. The van der Waals surface area contributed by atoms with Gasteiger partial charge in [0, 0.05) is 47.3 Å². The summed E-state index contributed by atoms with van der Waals surface area (Å²) in [5.74, 6) is 0.254. The van der Waals surface area contributed by atoms with E-state index >= 15 is 0 Å². The van der Waals surface area contributed by atoms with E-state index in [0.29, 0.717) is 39.1 Å². The number of hydrazine groups is 1. The second kappa shape index (κ2) is 12.2. The molecule has 0 saturated carbocycles. The molecule has 2 fully saturated rings. The Hall–Kier alpha value is -4.19. The van der Waals surface area contributed by atoms with Crippen LogP contribution in [0.2, 0.25) is 0 Å². The fourth-order valence-corrected chi connectivity index (χ4v) is 6.90. The van der Waals surface area contributed by atoms with Crippen LogP contribution in [0, 0.1) is 0 Å². The SMILES string of the molecule is CN(C)c1nc2c(CN3C[C@H]4N(CCN4N(C)C(=O)NCc4ccccc4)[C@@H](Cc4ccc(O)cc4)C3=O)cccc2s1. The van der Waals surface area contributed by atoms with Crippen LogP contribution < -0.4 is 10.2 Å². The predicted octanol–water partition coefficient (Wildman–Crippen LogP) is 3.72. The molecule has 2 saturated heterocycles. The number of piperazine rings is 1. The summed E-state index contributed by atoms with van der Waals surface area (Å²) in [7, 11) is 5.75. The van der Waals surface area contributed by atoms with Crippen molar-refractivity contribution in [2.45, 2.75) is 31.7 Å². The third kappa shape index (κ3) is 6.01. The van der Waals surface area contributed by atoms with Crippen molar-refractivity contribution < 1.29 is 14.7 Å². The van der Waals surface area contributed by atoms with Gasteiger partial charge in [0.1, 0.15) is 5.75 Å². The number of aromatic hydroxyl groups is 1. The first kappa shape index (κ1) is 28.9. The van der Waals surface area contributed by atoms with Crippen LogP contribution in [-0.2, 0) is 24.3 Å². The van der Waals surface area contributed by atoms with Crippen molar-refractivity contribution in [2.24, 2.45) is 0 Å². The van der Waals surface area contributed by atoms with Crippen molar-refractivity contribution in [1.29, 1.82) is 0 Å². The van der Waals surface area contributed by atoms with E-state index < -0.39 is 6.04 Å². The van der Waals surface area contributed by atoms with E-state index in [1.165, 1.54) is 0 Å². The third-order valence-corrected chi connectivity index (χ3v) is 9.45. The number of thiazole rings is 1. The summed E-state index contributed by atoms with van der Waals surface area (Å²) < 4.78 is 1.09. The molecule has 224 valence electrons. The minimum absolute atomic E-state index is 0.0578. The number of anilines is 1. The number of hydrogen-bond donors (Lipinski definition) is 2. The van der Waals surface area contributed by atoms with Gasteiger partial charge in [-0.1, -0.05) is 65.9 Å². The molecule has 4 aromatic rings. The highest BCUT2D eigenvalue weighted by atomic mass is 32.1. The van der Waals surface area contributed by atoms with E-state index in [0.717, 1.165) is 32.0 Å². The highest BCUT2D eigenvalue weighted by molar-refractivity contribution is 7.22. The monoisotopic (exact) mass is 599 g/mol. The number of urea groups is 1. The van der Waals surface area contributed by atoms with Gasteiger partial charge in [-0.25, -0.2) is 9.78 Å². The Kier molecular flexibility index (Phi) is 8.20. The average molecular weight is 600 g/mol. The van der Waals surface area contributed by atoms with Gasteiger partial charge < -0.3 is 20.2 Å². The number of phenols is 1. The largest absolute Gasteiger partial charge is 0.508 e. The van der Waals surface area contributed by atoms with Crippen molar-refractivity contribution in [3.05, 3.63) is 89.5 Å². The molecule has 3 amide bonds. The smallest absolute Gasteiger partial charge is 0.331 e. The van der Waals surface area contributed by atoms with Gasteiger partial charge in [0.2, 0.25) is 5.91 Å². The highest BCUT2D eigenvalue weighted by Crippen LogP contribution is 2.33. The van der Waals surface area contributed by atoms with Crippen LogP contribution in [0.4, 0.5) is 9.93 Å². The van der Waals surface area contributed by atoms with Crippen molar-refractivity contribution in [2.75, 3.05) is 45.7 Å². The first-order valence-electron chi connectivity index (χ1n) is 14.5. The van der Waals surface area contributed by atoms with Crippen LogP contribution in [0.5, 0.6) is 5.75 Å². The van der Waals surface area contributed by atoms with Gasteiger partial charge in [-0.05, 0) is 41.3 Å². The Morgan fingerprint density at radius 2 is 1.77 bits per heavy atom. The number of carbonyl (C=O) groups is 2. The molecule has 0 aliphatic carbocycles. The summed E-state index contributed by atoms with van der Waals surface area (Å²) >= 11 is 1.64. The first-order chi connectivity index (χ1) is 20.8. The molecule has 43 heavy (non-hydrogen) atoms. The standard InChI is InChI=1S/C32H37N7O3S/c1-35(2)32-34-29-24(10-7-11-27(29)43-32)20-37-21-28-38(26(30(37)41)18-22-12-14-25(40)15-13-22)16-17-39(28)36(3)31(42)33-19-23-8-5-4-6-9-23/h4-15,26,28,40H,16-21H2,1-3H3,(H,33,42)/t26-,28-/m0/s1. The summed E-state index contributed by atoms with van der Waals surface area (Å²) in [5.41, 5.74) is 3.93. The Balaban J connectivity index is 1.26. The molecule has 3 heterocycles. The van der Waals surface area contributed by atoms with Crippen LogP contribution in [0.3, 0.4) is 0 Å². The normalized spacial score (nSPS) is 19.0. The number of aromatic nitrogens is 1. The van der Waals surface area contributed by atoms with Crippen molar-refractivity contribution in [3.63, 3.8) is 0 Å². The quantitative estimate of drug-likeness (QED) is 0.319. The molecular weight excluding hydrogens is 562 g/mol. The minimum atomic E-state index is -0.402. The maximum absolute atomic E-state index is 14.2. The van der Waals surface area contributed by atoms with Gasteiger partial charge in [0.15, 0.2) is 5.13 Å². The molecule has 0 unspecified atom stereocenters. The lowest BCUT2D eigenvalue weighted by atomic mass is 10.00. The lowest BCUT2D eigenvalue weighted by Crippen LogP contribution is -2.65. The molecule has 0 spiro atoms. The number of hydrogen-bond acceptors (Lipinski definition) is 8.